The van der Waals surface area contributed by atoms with Gasteiger partial charge >= 0.3 is 0 Å². The SMILES string of the molecule is CN(C(=O)c1cccc(-n2cnnn2)c1)C1CCCCCC1. The molecular formula is C16H21N5O. The molecule has 1 heterocycles. The Balaban J connectivity index is 1.78. The molecule has 0 N–H and O–H groups in total. The number of tetrazole rings is 1. The van der Waals surface area contributed by atoms with Crippen LogP contribution in [0.3, 0.4) is 0 Å². The maximum atomic E-state index is 12.7. The zero-order valence-corrected chi connectivity index (χ0v) is 12.9. The normalized spacial score (nSPS) is 16.2. The number of hydrogen-bond acceptors (Lipinski definition) is 4. The van der Waals surface area contributed by atoms with E-state index in [1.807, 2.05) is 36.2 Å². The molecule has 1 fully saturated rings. The molecule has 0 aliphatic heterocycles. The Morgan fingerprint density at radius 3 is 2.68 bits per heavy atom. The van der Waals surface area contributed by atoms with Crippen molar-refractivity contribution in [2.75, 3.05) is 7.05 Å². The molecule has 0 radical (unpaired) electrons. The molecule has 1 aromatic carbocycles. The predicted octanol–water partition coefficient (Wildman–Crippen LogP) is 2.46. The van der Waals surface area contributed by atoms with E-state index in [1.165, 1.54) is 32.0 Å². The van der Waals surface area contributed by atoms with Gasteiger partial charge in [-0.25, -0.2) is 4.68 Å². The van der Waals surface area contributed by atoms with Gasteiger partial charge in [0.25, 0.3) is 5.91 Å². The molecule has 1 aromatic heterocycles. The molecule has 3 rings (SSSR count). The number of carbonyl (C=O) groups excluding carboxylic acids is 1. The lowest BCUT2D eigenvalue weighted by Crippen LogP contribution is -2.36. The number of rotatable bonds is 3. The summed E-state index contributed by atoms with van der Waals surface area (Å²) in [6.45, 7) is 0. The van der Waals surface area contributed by atoms with Gasteiger partial charge < -0.3 is 4.90 Å². The van der Waals surface area contributed by atoms with Gasteiger partial charge in [-0.2, -0.15) is 0 Å². The van der Waals surface area contributed by atoms with Crippen molar-refractivity contribution in [2.24, 2.45) is 0 Å². The molecule has 0 spiro atoms. The summed E-state index contributed by atoms with van der Waals surface area (Å²) in [5.74, 6) is 0.0711. The molecule has 6 heteroatoms. The Morgan fingerprint density at radius 2 is 2.00 bits per heavy atom. The minimum atomic E-state index is 0.0711. The maximum absolute atomic E-state index is 12.7. The lowest BCUT2D eigenvalue weighted by molar-refractivity contribution is 0.0717. The molecule has 1 saturated carbocycles. The first-order chi connectivity index (χ1) is 10.8. The monoisotopic (exact) mass is 299 g/mol. The lowest BCUT2D eigenvalue weighted by atomic mass is 10.1. The molecule has 1 amide bonds. The molecule has 1 aliphatic carbocycles. The Morgan fingerprint density at radius 1 is 1.23 bits per heavy atom. The van der Waals surface area contributed by atoms with E-state index in [1.54, 1.807) is 4.68 Å². The van der Waals surface area contributed by atoms with E-state index in [9.17, 15) is 4.79 Å². The van der Waals surface area contributed by atoms with Crippen LogP contribution in [0, 0.1) is 0 Å². The predicted molar refractivity (Wildman–Crippen MR) is 82.7 cm³/mol. The fourth-order valence-corrected chi connectivity index (χ4v) is 3.08. The van der Waals surface area contributed by atoms with Crippen LogP contribution in [0.25, 0.3) is 5.69 Å². The van der Waals surface area contributed by atoms with E-state index < -0.39 is 0 Å². The second kappa shape index (κ2) is 6.68. The van der Waals surface area contributed by atoms with Crippen LogP contribution in [0.15, 0.2) is 30.6 Å². The molecule has 22 heavy (non-hydrogen) atoms. The fraction of sp³-hybridized carbons (Fsp3) is 0.500. The van der Waals surface area contributed by atoms with Crippen LogP contribution in [0.4, 0.5) is 0 Å². The standard InChI is InChI=1S/C16H21N5O/c1-20(14-8-4-2-3-5-9-14)16(22)13-7-6-10-15(11-13)21-12-17-18-19-21/h6-7,10-12,14H,2-5,8-9H2,1H3. The minimum Gasteiger partial charge on any atom is -0.339 e. The van der Waals surface area contributed by atoms with E-state index in [-0.39, 0.29) is 5.91 Å². The van der Waals surface area contributed by atoms with Crippen molar-refractivity contribution in [2.45, 2.75) is 44.6 Å². The third-order valence-corrected chi connectivity index (χ3v) is 4.40. The van der Waals surface area contributed by atoms with Crippen molar-refractivity contribution in [1.29, 1.82) is 0 Å². The molecule has 0 atom stereocenters. The van der Waals surface area contributed by atoms with Crippen molar-refractivity contribution in [1.82, 2.24) is 25.1 Å². The summed E-state index contributed by atoms with van der Waals surface area (Å²) >= 11 is 0. The summed E-state index contributed by atoms with van der Waals surface area (Å²) < 4.78 is 1.56. The van der Waals surface area contributed by atoms with Crippen LogP contribution in [-0.2, 0) is 0 Å². The number of nitrogens with zero attached hydrogens (tertiary/aromatic N) is 5. The van der Waals surface area contributed by atoms with Gasteiger partial charge in [-0.15, -0.1) is 5.10 Å². The van der Waals surface area contributed by atoms with Crippen LogP contribution in [0.5, 0.6) is 0 Å². The summed E-state index contributed by atoms with van der Waals surface area (Å²) in [5, 5.41) is 11.1. The fourth-order valence-electron chi connectivity index (χ4n) is 3.08. The van der Waals surface area contributed by atoms with Gasteiger partial charge in [0.2, 0.25) is 0 Å². The highest BCUT2D eigenvalue weighted by Crippen LogP contribution is 2.22. The van der Waals surface area contributed by atoms with Gasteiger partial charge in [0, 0.05) is 18.7 Å². The van der Waals surface area contributed by atoms with Crippen molar-refractivity contribution >= 4 is 5.91 Å². The largest absolute Gasteiger partial charge is 0.339 e. The number of amides is 1. The minimum absolute atomic E-state index is 0.0711. The van der Waals surface area contributed by atoms with Crippen molar-refractivity contribution in [3.8, 4) is 5.69 Å². The van der Waals surface area contributed by atoms with E-state index in [2.05, 4.69) is 15.5 Å². The van der Waals surface area contributed by atoms with E-state index in [0.717, 1.165) is 18.5 Å². The first-order valence-corrected chi connectivity index (χ1v) is 7.86. The summed E-state index contributed by atoms with van der Waals surface area (Å²) in [6, 6.07) is 7.80. The molecular weight excluding hydrogens is 278 g/mol. The summed E-state index contributed by atoms with van der Waals surface area (Å²) in [4.78, 5) is 14.6. The molecule has 2 aromatic rings. The number of hydrogen-bond donors (Lipinski definition) is 0. The van der Waals surface area contributed by atoms with E-state index >= 15 is 0 Å². The maximum Gasteiger partial charge on any atom is 0.253 e. The summed E-state index contributed by atoms with van der Waals surface area (Å²) in [5.41, 5.74) is 1.48. The van der Waals surface area contributed by atoms with Crippen molar-refractivity contribution in [3.05, 3.63) is 36.2 Å². The van der Waals surface area contributed by atoms with E-state index in [0.29, 0.717) is 11.6 Å². The van der Waals surface area contributed by atoms with Crippen LogP contribution in [-0.4, -0.2) is 44.1 Å². The van der Waals surface area contributed by atoms with Crippen molar-refractivity contribution < 1.29 is 4.79 Å². The van der Waals surface area contributed by atoms with Crippen LogP contribution in [0.2, 0.25) is 0 Å². The average molecular weight is 299 g/mol. The highest BCUT2D eigenvalue weighted by Gasteiger charge is 2.22. The Labute approximate surface area is 130 Å². The smallest absolute Gasteiger partial charge is 0.253 e. The number of carbonyl (C=O) groups is 1. The quantitative estimate of drug-likeness (QED) is 0.817. The second-order valence-corrected chi connectivity index (χ2v) is 5.87. The van der Waals surface area contributed by atoms with Crippen LogP contribution < -0.4 is 0 Å². The topological polar surface area (TPSA) is 63.9 Å². The summed E-state index contributed by atoms with van der Waals surface area (Å²) in [6.07, 6.45) is 8.74. The summed E-state index contributed by atoms with van der Waals surface area (Å²) in [7, 11) is 1.92. The molecule has 0 bridgehead atoms. The Hall–Kier alpha value is -2.24. The first kappa shape index (κ1) is 14.7. The third-order valence-electron chi connectivity index (χ3n) is 4.40. The van der Waals surface area contributed by atoms with Crippen molar-refractivity contribution in [3.63, 3.8) is 0 Å². The average Bonchev–Trinajstić information content (AvgIpc) is 2.96. The van der Waals surface area contributed by atoms with Gasteiger partial charge in [-0.05, 0) is 41.5 Å². The van der Waals surface area contributed by atoms with Gasteiger partial charge in [-0.1, -0.05) is 31.7 Å². The lowest BCUT2D eigenvalue weighted by Gasteiger charge is -2.27. The zero-order valence-electron chi connectivity index (χ0n) is 12.9. The highest BCUT2D eigenvalue weighted by molar-refractivity contribution is 5.94. The molecule has 0 unspecified atom stereocenters. The van der Waals surface area contributed by atoms with E-state index in [4.69, 9.17) is 0 Å². The third kappa shape index (κ3) is 3.16. The Kier molecular flexibility index (Phi) is 4.46. The van der Waals surface area contributed by atoms with Crippen LogP contribution >= 0.6 is 0 Å². The van der Waals surface area contributed by atoms with Crippen LogP contribution in [0.1, 0.15) is 48.9 Å². The van der Waals surface area contributed by atoms with Gasteiger partial charge in [0.1, 0.15) is 6.33 Å². The zero-order chi connectivity index (χ0) is 15.4. The first-order valence-electron chi connectivity index (χ1n) is 7.86. The molecule has 116 valence electrons. The Bertz CT molecular complexity index is 617. The molecule has 0 saturated heterocycles. The van der Waals surface area contributed by atoms with Gasteiger partial charge in [0.15, 0.2) is 0 Å². The molecule has 6 nitrogen and oxygen atoms in total. The molecule has 1 aliphatic rings. The number of aromatic nitrogens is 4. The number of benzene rings is 1. The second-order valence-electron chi connectivity index (χ2n) is 5.87. The highest BCUT2D eigenvalue weighted by atomic mass is 16.2. The van der Waals surface area contributed by atoms with Gasteiger partial charge in [-0.3, -0.25) is 4.79 Å². The van der Waals surface area contributed by atoms with Gasteiger partial charge in [0.05, 0.1) is 5.69 Å².